The van der Waals surface area contributed by atoms with Crippen LogP contribution in [0, 0.1) is 11.3 Å². The van der Waals surface area contributed by atoms with Crippen LogP contribution in [-0.2, 0) is 0 Å². The van der Waals surface area contributed by atoms with Crippen molar-refractivity contribution in [1.29, 1.82) is 5.26 Å². The zero-order chi connectivity index (χ0) is 13.8. The number of benzene rings is 1. The van der Waals surface area contributed by atoms with E-state index in [9.17, 15) is 9.90 Å². The topological polar surface area (TPSA) is 77.2 Å². The number of nitriles is 1. The first-order valence-corrected chi connectivity index (χ1v) is 5.84. The molecule has 96 valence electrons. The average Bonchev–Trinajstić information content (AvgIpc) is 2.43. The van der Waals surface area contributed by atoms with E-state index < -0.39 is 5.97 Å². The summed E-state index contributed by atoms with van der Waals surface area (Å²) in [4.78, 5) is 17.5. The lowest BCUT2D eigenvalue weighted by Gasteiger charge is -2.17. The third-order valence-corrected chi connectivity index (χ3v) is 2.88. The highest BCUT2D eigenvalue weighted by Gasteiger charge is 2.13. The summed E-state index contributed by atoms with van der Waals surface area (Å²) in [5.41, 5.74) is 0.866. The SMILES string of the molecule is CN(CCC#N)c1cc(C(=O)O)c2ccccc2n1. The van der Waals surface area contributed by atoms with E-state index >= 15 is 0 Å². The molecule has 0 aliphatic rings. The van der Waals surface area contributed by atoms with Crippen molar-refractivity contribution in [2.75, 3.05) is 18.5 Å². The number of carboxylic acid groups (broad SMARTS) is 1. The third-order valence-electron chi connectivity index (χ3n) is 2.88. The van der Waals surface area contributed by atoms with E-state index in [-0.39, 0.29) is 5.56 Å². The molecule has 0 saturated carbocycles. The first-order chi connectivity index (χ1) is 9.13. The van der Waals surface area contributed by atoms with Crippen LogP contribution >= 0.6 is 0 Å². The molecular weight excluding hydrogens is 242 g/mol. The van der Waals surface area contributed by atoms with Crippen molar-refractivity contribution in [1.82, 2.24) is 4.98 Å². The van der Waals surface area contributed by atoms with Crippen molar-refractivity contribution in [3.05, 3.63) is 35.9 Å². The average molecular weight is 255 g/mol. The van der Waals surface area contributed by atoms with Crippen molar-refractivity contribution in [2.45, 2.75) is 6.42 Å². The Morgan fingerprint density at radius 2 is 2.21 bits per heavy atom. The molecule has 5 nitrogen and oxygen atoms in total. The van der Waals surface area contributed by atoms with Crippen LogP contribution in [0.1, 0.15) is 16.8 Å². The van der Waals surface area contributed by atoms with Crippen LogP contribution in [0.15, 0.2) is 30.3 Å². The lowest BCUT2D eigenvalue weighted by molar-refractivity contribution is 0.0699. The number of aromatic carboxylic acids is 1. The summed E-state index contributed by atoms with van der Waals surface area (Å²) >= 11 is 0. The highest BCUT2D eigenvalue weighted by molar-refractivity contribution is 6.03. The molecule has 0 saturated heterocycles. The van der Waals surface area contributed by atoms with Gasteiger partial charge in [0, 0.05) is 19.0 Å². The summed E-state index contributed by atoms with van der Waals surface area (Å²) in [6.07, 6.45) is 0.368. The molecule has 0 amide bonds. The molecule has 1 aromatic heterocycles. The van der Waals surface area contributed by atoms with Crippen LogP contribution in [0.25, 0.3) is 10.9 Å². The first kappa shape index (κ1) is 12.8. The lowest BCUT2D eigenvalue weighted by Crippen LogP contribution is -2.20. The van der Waals surface area contributed by atoms with Crippen LogP contribution in [-0.4, -0.2) is 29.7 Å². The van der Waals surface area contributed by atoms with Gasteiger partial charge in [-0.3, -0.25) is 0 Å². The molecule has 0 aliphatic carbocycles. The molecule has 0 bridgehead atoms. The quantitative estimate of drug-likeness (QED) is 0.906. The van der Waals surface area contributed by atoms with Gasteiger partial charge in [0.1, 0.15) is 5.82 Å². The summed E-state index contributed by atoms with van der Waals surface area (Å²) in [6, 6.07) is 10.7. The Morgan fingerprint density at radius 1 is 1.47 bits per heavy atom. The maximum absolute atomic E-state index is 11.3. The van der Waals surface area contributed by atoms with Crippen molar-refractivity contribution >= 4 is 22.7 Å². The molecule has 5 heteroatoms. The van der Waals surface area contributed by atoms with Crippen LogP contribution in [0.5, 0.6) is 0 Å². The van der Waals surface area contributed by atoms with Gasteiger partial charge in [-0.05, 0) is 12.1 Å². The van der Waals surface area contributed by atoms with Gasteiger partial charge in [-0.15, -0.1) is 0 Å². The number of rotatable bonds is 4. The van der Waals surface area contributed by atoms with Gasteiger partial charge in [0.2, 0.25) is 0 Å². The molecule has 19 heavy (non-hydrogen) atoms. The van der Waals surface area contributed by atoms with E-state index in [1.165, 1.54) is 0 Å². The number of nitrogens with zero attached hydrogens (tertiary/aromatic N) is 3. The Hall–Kier alpha value is -2.61. The summed E-state index contributed by atoms with van der Waals surface area (Å²) in [5, 5.41) is 18.5. The number of para-hydroxylation sites is 1. The van der Waals surface area contributed by atoms with E-state index in [2.05, 4.69) is 11.1 Å². The minimum atomic E-state index is -0.978. The molecule has 0 spiro atoms. The van der Waals surface area contributed by atoms with Gasteiger partial charge in [0.05, 0.1) is 23.6 Å². The first-order valence-electron chi connectivity index (χ1n) is 5.84. The Labute approximate surface area is 110 Å². The molecule has 0 aliphatic heterocycles. The van der Waals surface area contributed by atoms with Gasteiger partial charge < -0.3 is 10.0 Å². The second-order valence-corrected chi connectivity index (χ2v) is 4.18. The van der Waals surface area contributed by atoms with E-state index in [1.807, 2.05) is 6.07 Å². The van der Waals surface area contributed by atoms with Crippen LogP contribution in [0.2, 0.25) is 0 Å². The fraction of sp³-hybridized carbons (Fsp3) is 0.214. The number of carbonyl (C=O) groups is 1. The molecule has 0 unspecified atom stereocenters. The number of hydrogen-bond donors (Lipinski definition) is 1. The van der Waals surface area contributed by atoms with Crippen molar-refractivity contribution in [3.8, 4) is 6.07 Å². The smallest absolute Gasteiger partial charge is 0.336 e. The normalized spacial score (nSPS) is 10.1. The summed E-state index contributed by atoms with van der Waals surface area (Å²) in [7, 11) is 1.79. The fourth-order valence-electron chi connectivity index (χ4n) is 1.87. The molecule has 1 aromatic carbocycles. The highest BCUT2D eigenvalue weighted by atomic mass is 16.4. The maximum Gasteiger partial charge on any atom is 0.336 e. The van der Waals surface area contributed by atoms with Gasteiger partial charge in [0.25, 0.3) is 0 Å². The zero-order valence-corrected chi connectivity index (χ0v) is 10.5. The number of anilines is 1. The number of hydrogen-bond acceptors (Lipinski definition) is 4. The van der Waals surface area contributed by atoms with Gasteiger partial charge in [-0.1, -0.05) is 18.2 Å². The Bertz CT molecular complexity index is 661. The predicted octanol–water partition coefficient (Wildman–Crippen LogP) is 2.28. The van der Waals surface area contributed by atoms with E-state index in [0.29, 0.717) is 29.7 Å². The number of aromatic nitrogens is 1. The largest absolute Gasteiger partial charge is 0.478 e. The predicted molar refractivity (Wildman–Crippen MR) is 72.2 cm³/mol. The van der Waals surface area contributed by atoms with Crippen LogP contribution < -0.4 is 4.90 Å². The Morgan fingerprint density at radius 3 is 2.89 bits per heavy atom. The highest BCUT2D eigenvalue weighted by Crippen LogP contribution is 2.22. The molecular formula is C14H13N3O2. The molecule has 2 rings (SSSR count). The summed E-state index contributed by atoms with van der Waals surface area (Å²) in [5.74, 6) is -0.417. The van der Waals surface area contributed by atoms with E-state index in [1.54, 1.807) is 36.2 Å². The third kappa shape index (κ3) is 2.63. The van der Waals surface area contributed by atoms with Crippen LogP contribution in [0.4, 0.5) is 5.82 Å². The molecule has 0 fully saturated rings. The molecule has 0 atom stereocenters. The van der Waals surface area contributed by atoms with Gasteiger partial charge in [0.15, 0.2) is 0 Å². The Kier molecular flexibility index (Phi) is 3.62. The van der Waals surface area contributed by atoms with E-state index in [0.717, 1.165) is 0 Å². The lowest BCUT2D eigenvalue weighted by atomic mass is 10.1. The zero-order valence-electron chi connectivity index (χ0n) is 10.5. The minimum absolute atomic E-state index is 0.226. The minimum Gasteiger partial charge on any atom is -0.478 e. The van der Waals surface area contributed by atoms with Crippen molar-refractivity contribution < 1.29 is 9.90 Å². The molecule has 2 aromatic rings. The molecule has 1 heterocycles. The second-order valence-electron chi connectivity index (χ2n) is 4.18. The van der Waals surface area contributed by atoms with Crippen LogP contribution in [0.3, 0.4) is 0 Å². The van der Waals surface area contributed by atoms with Crippen molar-refractivity contribution in [3.63, 3.8) is 0 Å². The fourth-order valence-corrected chi connectivity index (χ4v) is 1.87. The summed E-state index contributed by atoms with van der Waals surface area (Å²) in [6.45, 7) is 0.515. The second kappa shape index (κ2) is 5.36. The van der Waals surface area contributed by atoms with Crippen molar-refractivity contribution in [2.24, 2.45) is 0 Å². The standard InChI is InChI=1S/C14H13N3O2/c1-17(8-4-7-15)13-9-11(14(18)19)10-5-2-3-6-12(10)16-13/h2-3,5-6,9H,4,8H2,1H3,(H,18,19). The molecule has 1 N–H and O–H groups in total. The van der Waals surface area contributed by atoms with Gasteiger partial charge in [-0.25, -0.2) is 9.78 Å². The Balaban J connectivity index is 2.52. The van der Waals surface area contributed by atoms with Gasteiger partial charge >= 0.3 is 5.97 Å². The monoisotopic (exact) mass is 255 g/mol. The van der Waals surface area contributed by atoms with Gasteiger partial charge in [-0.2, -0.15) is 5.26 Å². The number of carboxylic acids is 1. The van der Waals surface area contributed by atoms with E-state index in [4.69, 9.17) is 5.26 Å². The number of fused-ring (bicyclic) bond motifs is 1. The summed E-state index contributed by atoms with van der Waals surface area (Å²) < 4.78 is 0. The number of pyridine rings is 1. The maximum atomic E-state index is 11.3. The molecule has 0 radical (unpaired) electrons.